The number of nitrogens with one attached hydrogen (secondary N) is 2. The predicted octanol–water partition coefficient (Wildman–Crippen LogP) is 0.704. The largest absolute Gasteiger partial charge is 0.323 e. The van der Waals surface area contributed by atoms with Crippen molar-refractivity contribution in [2.24, 2.45) is 0 Å². The molecule has 2 heterocycles. The molecule has 1 aliphatic heterocycles. The SMILES string of the molecule is O=C1CCN(CC(=O)c2ccc3[nH]c(=O)[nH]c3c2)CC1. The summed E-state index contributed by atoms with van der Waals surface area (Å²) in [6, 6.07) is 5.12. The number of hydrogen-bond acceptors (Lipinski definition) is 4. The molecule has 2 aromatic rings. The Hall–Kier alpha value is -2.21. The molecule has 0 unspecified atom stereocenters. The third-order valence-electron chi connectivity index (χ3n) is 3.62. The Balaban J connectivity index is 1.74. The zero-order valence-corrected chi connectivity index (χ0v) is 10.9. The lowest BCUT2D eigenvalue weighted by Crippen LogP contribution is -2.37. The Bertz CT molecular complexity index is 719. The van der Waals surface area contributed by atoms with Crippen molar-refractivity contribution in [2.45, 2.75) is 12.8 Å². The summed E-state index contributed by atoms with van der Waals surface area (Å²) in [7, 11) is 0. The number of likely N-dealkylation sites (tertiary alicyclic amines) is 1. The number of ketones is 2. The number of imidazole rings is 1. The molecule has 1 aliphatic rings. The van der Waals surface area contributed by atoms with Gasteiger partial charge in [-0.05, 0) is 18.2 Å². The quantitative estimate of drug-likeness (QED) is 0.806. The molecule has 2 N–H and O–H groups in total. The van der Waals surface area contributed by atoms with Crippen LogP contribution in [-0.4, -0.2) is 46.1 Å². The molecule has 3 rings (SSSR count). The van der Waals surface area contributed by atoms with Crippen LogP contribution in [0.15, 0.2) is 23.0 Å². The van der Waals surface area contributed by atoms with Gasteiger partial charge in [0.1, 0.15) is 5.78 Å². The molecular formula is C14H15N3O3. The summed E-state index contributed by atoms with van der Waals surface area (Å²) in [6.45, 7) is 1.61. The fourth-order valence-corrected chi connectivity index (χ4v) is 2.46. The van der Waals surface area contributed by atoms with Gasteiger partial charge in [-0.1, -0.05) is 0 Å². The van der Waals surface area contributed by atoms with Gasteiger partial charge in [-0.2, -0.15) is 0 Å². The lowest BCUT2D eigenvalue weighted by Gasteiger charge is -2.24. The fourth-order valence-electron chi connectivity index (χ4n) is 2.46. The van der Waals surface area contributed by atoms with Gasteiger partial charge >= 0.3 is 5.69 Å². The molecule has 6 nitrogen and oxygen atoms in total. The van der Waals surface area contributed by atoms with Crippen molar-refractivity contribution in [1.82, 2.24) is 14.9 Å². The average molecular weight is 273 g/mol. The summed E-state index contributed by atoms with van der Waals surface area (Å²) in [4.78, 5) is 41.8. The second-order valence-corrected chi connectivity index (χ2v) is 5.08. The summed E-state index contributed by atoms with van der Waals surface area (Å²) in [5.41, 5.74) is 1.62. The van der Waals surface area contributed by atoms with Crippen molar-refractivity contribution in [3.8, 4) is 0 Å². The number of benzene rings is 1. The van der Waals surface area contributed by atoms with Crippen molar-refractivity contribution in [3.05, 3.63) is 34.2 Å². The minimum absolute atomic E-state index is 0.00305. The van der Waals surface area contributed by atoms with E-state index in [2.05, 4.69) is 9.97 Å². The van der Waals surface area contributed by atoms with Crippen molar-refractivity contribution in [1.29, 1.82) is 0 Å². The number of fused-ring (bicyclic) bond motifs is 1. The number of nitrogens with zero attached hydrogens (tertiary/aromatic N) is 1. The first kappa shape index (κ1) is 12.8. The van der Waals surface area contributed by atoms with E-state index in [4.69, 9.17) is 0 Å². The highest BCUT2D eigenvalue weighted by atomic mass is 16.1. The minimum atomic E-state index is -0.279. The number of carbonyl (C=O) groups excluding carboxylic acids is 2. The first-order valence-electron chi connectivity index (χ1n) is 6.61. The zero-order valence-electron chi connectivity index (χ0n) is 10.9. The van der Waals surface area contributed by atoms with Crippen LogP contribution in [0, 0.1) is 0 Å². The maximum Gasteiger partial charge on any atom is 0.323 e. The fraction of sp³-hybridized carbons (Fsp3) is 0.357. The number of hydrogen-bond donors (Lipinski definition) is 2. The normalized spacial score (nSPS) is 16.7. The van der Waals surface area contributed by atoms with Gasteiger partial charge < -0.3 is 9.97 Å². The van der Waals surface area contributed by atoms with Gasteiger partial charge in [-0.25, -0.2) is 4.79 Å². The first-order valence-corrected chi connectivity index (χ1v) is 6.61. The molecule has 0 aliphatic carbocycles. The van der Waals surface area contributed by atoms with Crippen LogP contribution in [0.4, 0.5) is 0 Å². The van der Waals surface area contributed by atoms with Gasteiger partial charge in [0, 0.05) is 31.5 Å². The Morgan fingerprint density at radius 3 is 2.55 bits per heavy atom. The van der Waals surface area contributed by atoms with Crippen LogP contribution in [0.1, 0.15) is 23.2 Å². The zero-order chi connectivity index (χ0) is 14.1. The molecule has 1 aromatic carbocycles. The average Bonchev–Trinajstić information content (AvgIpc) is 2.80. The van der Waals surface area contributed by atoms with Crippen LogP contribution in [0.25, 0.3) is 11.0 Å². The highest BCUT2D eigenvalue weighted by Crippen LogP contribution is 2.12. The van der Waals surface area contributed by atoms with Crippen molar-refractivity contribution in [3.63, 3.8) is 0 Å². The number of aromatic amines is 2. The van der Waals surface area contributed by atoms with E-state index in [0.717, 1.165) is 0 Å². The lowest BCUT2D eigenvalue weighted by atomic mass is 10.1. The van der Waals surface area contributed by atoms with E-state index >= 15 is 0 Å². The molecule has 6 heteroatoms. The molecule has 0 bridgehead atoms. The van der Waals surface area contributed by atoms with E-state index in [-0.39, 0.29) is 17.3 Å². The van der Waals surface area contributed by atoms with Crippen molar-refractivity contribution >= 4 is 22.6 Å². The Labute approximate surface area is 114 Å². The second-order valence-electron chi connectivity index (χ2n) is 5.08. The van der Waals surface area contributed by atoms with Crippen molar-refractivity contribution < 1.29 is 9.59 Å². The molecule has 0 atom stereocenters. The molecule has 1 saturated heterocycles. The number of rotatable bonds is 3. The third kappa shape index (κ3) is 2.55. The second kappa shape index (κ2) is 5.05. The summed E-state index contributed by atoms with van der Waals surface area (Å²) in [5, 5.41) is 0. The summed E-state index contributed by atoms with van der Waals surface area (Å²) in [5.74, 6) is 0.267. The van der Waals surface area contributed by atoms with E-state index in [9.17, 15) is 14.4 Å². The maximum absolute atomic E-state index is 12.2. The van der Waals surface area contributed by atoms with Gasteiger partial charge in [-0.3, -0.25) is 14.5 Å². The Morgan fingerprint density at radius 2 is 1.80 bits per heavy atom. The van der Waals surface area contributed by atoms with Crippen LogP contribution >= 0.6 is 0 Å². The van der Waals surface area contributed by atoms with Gasteiger partial charge in [0.2, 0.25) is 0 Å². The molecule has 1 fully saturated rings. The number of H-pyrrole nitrogens is 2. The molecule has 0 saturated carbocycles. The van der Waals surface area contributed by atoms with E-state index in [1.807, 2.05) is 4.90 Å². The van der Waals surface area contributed by atoms with E-state index in [1.165, 1.54) is 0 Å². The van der Waals surface area contributed by atoms with Crippen LogP contribution in [0.3, 0.4) is 0 Å². The highest BCUT2D eigenvalue weighted by molar-refractivity contribution is 6.00. The molecule has 0 amide bonds. The molecule has 1 aromatic heterocycles. The maximum atomic E-state index is 12.2. The van der Waals surface area contributed by atoms with Crippen LogP contribution < -0.4 is 5.69 Å². The van der Waals surface area contributed by atoms with E-state index < -0.39 is 0 Å². The predicted molar refractivity (Wildman–Crippen MR) is 73.9 cm³/mol. The summed E-state index contributed by atoms with van der Waals surface area (Å²) >= 11 is 0. The minimum Gasteiger partial charge on any atom is -0.306 e. The Kier molecular flexibility index (Phi) is 3.23. The highest BCUT2D eigenvalue weighted by Gasteiger charge is 2.19. The smallest absolute Gasteiger partial charge is 0.306 e. The Morgan fingerprint density at radius 1 is 1.10 bits per heavy atom. The van der Waals surface area contributed by atoms with Gasteiger partial charge in [-0.15, -0.1) is 0 Å². The number of aromatic nitrogens is 2. The summed E-state index contributed by atoms with van der Waals surface area (Å²) in [6.07, 6.45) is 1.05. The number of piperidine rings is 1. The molecule has 0 radical (unpaired) electrons. The van der Waals surface area contributed by atoms with Crippen LogP contribution in [0.2, 0.25) is 0 Å². The number of Topliss-reactive ketones (excluding diaryl/α,β-unsaturated/α-hetero) is 2. The lowest BCUT2D eigenvalue weighted by molar-refractivity contribution is -0.121. The van der Waals surface area contributed by atoms with Crippen LogP contribution in [-0.2, 0) is 4.79 Å². The first-order chi connectivity index (χ1) is 9.61. The van der Waals surface area contributed by atoms with Gasteiger partial charge in [0.25, 0.3) is 0 Å². The molecular weight excluding hydrogens is 258 g/mol. The molecule has 20 heavy (non-hydrogen) atoms. The third-order valence-corrected chi connectivity index (χ3v) is 3.62. The van der Waals surface area contributed by atoms with E-state index in [0.29, 0.717) is 49.1 Å². The monoisotopic (exact) mass is 273 g/mol. The van der Waals surface area contributed by atoms with Gasteiger partial charge in [0.15, 0.2) is 5.78 Å². The number of carbonyl (C=O) groups is 2. The molecule has 0 spiro atoms. The topological polar surface area (TPSA) is 86.0 Å². The standard InChI is InChI=1S/C14H15N3O3/c18-10-3-5-17(6-4-10)8-13(19)9-1-2-11-12(7-9)16-14(20)15-11/h1-2,7H,3-6,8H2,(H2,15,16,20). The van der Waals surface area contributed by atoms with E-state index in [1.54, 1.807) is 18.2 Å². The van der Waals surface area contributed by atoms with Crippen LogP contribution in [0.5, 0.6) is 0 Å². The van der Waals surface area contributed by atoms with Gasteiger partial charge in [0.05, 0.1) is 17.6 Å². The summed E-state index contributed by atoms with van der Waals surface area (Å²) < 4.78 is 0. The van der Waals surface area contributed by atoms with Crippen molar-refractivity contribution in [2.75, 3.05) is 19.6 Å². The molecule has 104 valence electrons.